The molecule has 0 fully saturated rings. The summed E-state index contributed by atoms with van der Waals surface area (Å²) < 4.78 is 31.0. The van der Waals surface area contributed by atoms with Gasteiger partial charge in [0.2, 0.25) is 15.9 Å². The van der Waals surface area contributed by atoms with Crippen molar-refractivity contribution in [2.45, 2.75) is 19.5 Å². The van der Waals surface area contributed by atoms with Gasteiger partial charge < -0.3 is 10.1 Å². The van der Waals surface area contributed by atoms with Gasteiger partial charge in [-0.15, -0.1) is 0 Å². The summed E-state index contributed by atoms with van der Waals surface area (Å²) in [5.74, 6) is -0.167. The fourth-order valence-corrected chi connectivity index (χ4v) is 4.02. The van der Waals surface area contributed by atoms with Crippen LogP contribution < -0.4 is 14.4 Å². The number of hydrogen-bond acceptors (Lipinski definition) is 4. The molecule has 0 bridgehead atoms. The summed E-state index contributed by atoms with van der Waals surface area (Å²) in [6.45, 7) is 1.74. The molecule has 1 unspecified atom stereocenters. The Hall–Kier alpha value is -1.96. The molecule has 2 aromatic carbocycles. The molecule has 2 aromatic rings. The summed E-state index contributed by atoms with van der Waals surface area (Å²) in [5, 5.41) is 3.65. The van der Waals surface area contributed by atoms with Crippen LogP contribution in [0.1, 0.15) is 12.5 Å². The van der Waals surface area contributed by atoms with E-state index < -0.39 is 22.0 Å². The van der Waals surface area contributed by atoms with E-state index in [0.29, 0.717) is 15.8 Å². The number of nitrogens with one attached hydrogen (secondary N) is 1. The third-order valence-electron chi connectivity index (χ3n) is 3.85. The molecule has 9 heteroatoms. The van der Waals surface area contributed by atoms with Gasteiger partial charge in [0, 0.05) is 16.6 Å². The minimum absolute atomic E-state index is 0.196. The van der Waals surface area contributed by atoms with Crippen molar-refractivity contribution in [3.05, 3.63) is 58.1 Å². The largest absolute Gasteiger partial charge is 0.495 e. The molecular formula is C18H20Cl2N2O4S. The molecule has 0 saturated heterocycles. The topological polar surface area (TPSA) is 75.7 Å². The molecule has 0 saturated carbocycles. The summed E-state index contributed by atoms with van der Waals surface area (Å²) in [7, 11) is -2.37. The highest BCUT2D eigenvalue weighted by molar-refractivity contribution is 7.92. The van der Waals surface area contributed by atoms with Crippen LogP contribution in [0.2, 0.25) is 10.0 Å². The van der Waals surface area contributed by atoms with Gasteiger partial charge in [0.1, 0.15) is 11.8 Å². The average molecular weight is 431 g/mol. The van der Waals surface area contributed by atoms with Crippen LogP contribution >= 0.6 is 23.2 Å². The van der Waals surface area contributed by atoms with E-state index >= 15 is 0 Å². The van der Waals surface area contributed by atoms with E-state index in [1.54, 1.807) is 36.4 Å². The first-order valence-electron chi connectivity index (χ1n) is 7.98. The number of carbonyl (C=O) groups excluding carboxylic acids is 1. The molecular weight excluding hydrogens is 411 g/mol. The SMILES string of the molecule is COc1ccc(Cl)cc1N(C(C)C(=O)NCc1ccc(Cl)cc1)S(C)(=O)=O. The van der Waals surface area contributed by atoms with Crippen molar-refractivity contribution in [2.24, 2.45) is 0 Å². The number of hydrogen-bond donors (Lipinski definition) is 1. The molecule has 146 valence electrons. The van der Waals surface area contributed by atoms with Crippen LogP contribution in [0, 0.1) is 0 Å². The summed E-state index contributed by atoms with van der Waals surface area (Å²) in [6.07, 6.45) is 1.02. The zero-order valence-corrected chi connectivity index (χ0v) is 17.4. The molecule has 0 aliphatic heterocycles. The molecule has 0 spiro atoms. The molecule has 27 heavy (non-hydrogen) atoms. The van der Waals surface area contributed by atoms with Gasteiger partial charge in [-0.05, 0) is 42.8 Å². The Morgan fingerprint density at radius 1 is 1.15 bits per heavy atom. The Balaban J connectivity index is 2.27. The van der Waals surface area contributed by atoms with Crippen LogP contribution in [-0.4, -0.2) is 33.7 Å². The lowest BCUT2D eigenvalue weighted by Crippen LogP contribution is -2.47. The maximum Gasteiger partial charge on any atom is 0.243 e. The monoisotopic (exact) mass is 430 g/mol. The minimum Gasteiger partial charge on any atom is -0.495 e. The van der Waals surface area contributed by atoms with Crippen molar-refractivity contribution in [1.82, 2.24) is 5.32 Å². The van der Waals surface area contributed by atoms with Crippen LogP contribution in [0.25, 0.3) is 0 Å². The van der Waals surface area contributed by atoms with Crippen molar-refractivity contribution < 1.29 is 17.9 Å². The van der Waals surface area contributed by atoms with Gasteiger partial charge in [-0.25, -0.2) is 8.42 Å². The summed E-state index contributed by atoms with van der Waals surface area (Å²) in [4.78, 5) is 12.6. The predicted octanol–water partition coefficient (Wildman–Crippen LogP) is 3.47. The number of rotatable bonds is 7. The number of ether oxygens (including phenoxy) is 1. The van der Waals surface area contributed by atoms with Gasteiger partial charge in [-0.1, -0.05) is 35.3 Å². The van der Waals surface area contributed by atoms with Crippen LogP contribution in [0.4, 0.5) is 5.69 Å². The maximum absolute atomic E-state index is 12.6. The molecule has 2 rings (SSSR count). The van der Waals surface area contributed by atoms with Crippen LogP contribution in [0.15, 0.2) is 42.5 Å². The van der Waals surface area contributed by atoms with Crippen LogP contribution in [-0.2, 0) is 21.4 Å². The van der Waals surface area contributed by atoms with Crippen molar-refractivity contribution >= 4 is 44.8 Å². The number of anilines is 1. The fourth-order valence-electron chi connectivity index (χ4n) is 2.56. The molecule has 1 N–H and O–H groups in total. The molecule has 0 aliphatic rings. The molecule has 1 amide bonds. The molecule has 1 atom stereocenters. The van der Waals surface area contributed by atoms with Gasteiger partial charge >= 0.3 is 0 Å². The molecule has 6 nitrogen and oxygen atoms in total. The van der Waals surface area contributed by atoms with Crippen LogP contribution in [0.3, 0.4) is 0 Å². The van der Waals surface area contributed by atoms with Crippen molar-refractivity contribution in [3.63, 3.8) is 0 Å². The van der Waals surface area contributed by atoms with Gasteiger partial charge in [-0.2, -0.15) is 0 Å². The Kier molecular flexibility index (Phi) is 6.97. The van der Waals surface area contributed by atoms with E-state index in [2.05, 4.69) is 5.32 Å². The lowest BCUT2D eigenvalue weighted by atomic mass is 10.2. The minimum atomic E-state index is -3.78. The van der Waals surface area contributed by atoms with Crippen LogP contribution in [0.5, 0.6) is 5.75 Å². The Labute approximate surface area is 169 Å². The normalized spacial score (nSPS) is 12.3. The van der Waals surface area contributed by atoms with Crippen molar-refractivity contribution in [1.29, 1.82) is 0 Å². The van der Waals surface area contributed by atoms with E-state index in [4.69, 9.17) is 27.9 Å². The first-order valence-corrected chi connectivity index (χ1v) is 10.6. The molecule has 0 heterocycles. The van der Waals surface area contributed by atoms with E-state index in [1.165, 1.54) is 20.1 Å². The third kappa shape index (κ3) is 5.51. The number of sulfonamides is 1. The Bertz CT molecular complexity index is 917. The third-order valence-corrected chi connectivity index (χ3v) is 5.56. The Morgan fingerprint density at radius 2 is 1.74 bits per heavy atom. The van der Waals surface area contributed by atoms with Gasteiger partial charge in [-0.3, -0.25) is 9.10 Å². The highest BCUT2D eigenvalue weighted by atomic mass is 35.5. The average Bonchev–Trinajstić information content (AvgIpc) is 2.60. The number of nitrogens with zero attached hydrogens (tertiary/aromatic N) is 1. The quantitative estimate of drug-likeness (QED) is 0.729. The van der Waals surface area contributed by atoms with E-state index in [0.717, 1.165) is 16.1 Å². The van der Waals surface area contributed by atoms with E-state index in [-0.39, 0.29) is 12.2 Å². The Morgan fingerprint density at radius 3 is 2.30 bits per heavy atom. The summed E-state index contributed by atoms with van der Waals surface area (Å²) >= 11 is 11.9. The second-order valence-electron chi connectivity index (χ2n) is 5.90. The summed E-state index contributed by atoms with van der Waals surface area (Å²) in [5.41, 5.74) is 1.04. The standard InChI is InChI=1S/C18H20Cl2N2O4S/c1-12(18(23)21-11-13-4-6-14(19)7-5-13)22(27(3,24)25)16-10-15(20)8-9-17(16)26-2/h4-10,12H,11H2,1-3H3,(H,21,23). The number of methoxy groups -OCH3 is 1. The van der Waals surface area contributed by atoms with Gasteiger partial charge in [0.05, 0.1) is 19.1 Å². The number of halogens is 2. The predicted molar refractivity (Wildman–Crippen MR) is 108 cm³/mol. The summed E-state index contributed by atoms with van der Waals surface area (Å²) in [6, 6.07) is 10.6. The first kappa shape index (κ1) is 21.3. The zero-order chi connectivity index (χ0) is 20.2. The molecule has 0 aliphatic carbocycles. The maximum atomic E-state index is 12.6. The van der Waals surface area contributed by atoms with Crippen molar-refractivity contribution in [2.75, 3.05) is 17.7 Å². The van der Waals surface area contributed by atoms with Gasteiger partial charge in [0.25, 0.3) is 0 Å². The lowest BCUT2D eigenvalue weighted by molar-refractivity contribution is -0.122. The number of benzene rings is 2. The molecule has 0 radical (unpaired) electrons. The van der Waals surface area contributed by atoms with E-state index in [1.807, 2.05) is 0 Å². The number of amides is 1. The zero-order valence-electron chi connectivity index (χ0n) is 15.1. The van der Waals surface area contributed by atoms with Gasteiger partial charge in [0.15, 0.2) is 0 Å². The second kappa shape index (κ2) is 8.82. The smallest absolute Gasteiger partial charge is 0.243 e. The second-order valence-corrected chi connectivity index (χ2v) is 8.63. The van der Waals surface area contributed by atoms with Crippen molar-refractivity contribution in [3.8, 4) is 5.75 Å². The fraction of sp³-hybridized carbons (Fsp3) is 0.278. The highest BCUT2D eigenvalue weighted by Gasteiger charge is 2.31. The first-order chi connectivity index (χ1) is 12.6. The number of carbonyl (C=O) groups is 1. The van der Waals surface area contributed by atoms with E-state index in [9.17, 15) is 13.2 Å². The highest BCUT2D eigenvalue weighted by Crippen LogP contribution is 2.34. The lowest BCUT2D eigenvalue weighted by Gasteiger charge is -2.29. The molecule has 0 aromatic heterocycles.